The van der Waals surface area contributed by atoms with Crippen molar-refractivity contribution in [3.8, 4) is 0 Å². The van der Waals surface area contributed by atoms with Crippen LogP contribution in [0.3, 0.4) is 0 Å². The maximum Gasteiger partial charge on any atom is 0.0717 e. The highest BCUT2D eigenvalue weighted by molar-refractivity contribution is 5.18. The Hall–Kier alpha value is -1.60. The standard InChI is InChI=1S/C16H18O.C2H6/c1-14(16-10-6-3-7-11-16)12-17-13-15-8-4-2-5-9-15;1-2/h2-11,14H,12-13H2,1H3;1-2H3. The molecule has 0 saturated heterocycles. The predicted molar refractivity (Wildman–Crippen MR) is 82.3 cm³/mol. The lowest BCUT2D eigenvalue weighted by atomic mass is 10.0. The summed E-state index contributed by atoms with van der Waals surface area (Å²) in [7, 11) is 0. The van der Waals surface area contributed by atoms with Gasteiger partial charge in [-0.1, -0.05) is 81.4 Å². The van der Waals surface area contributed by atoms with Crippen LogP contribution in [0, 0.1) is 0 Å². The number of hydrogen-bond acceptors (Lipinski definition) is 1. The maximum atomic E-state index is 5.74. The van der Waals surface area contributed by atoms with Crippen molar-refractivity contribution >= 4 is 0 Å². The van der Waals surface area contributed by atoms with Crippen LogP contribution in [0.25, 0.3) is 0 Å². The quantitative estimate of drug-likeness (QED) is 0.728. The summed E-state index contributed by atoms with van der Waals surface area (Å²) in [5.74, 6) is 0.444. The van der Waals surface area contributed by atoms with Crippen LogP contribution in [0.5, 0.6) is 0 Å². The second-order valence-corrected chi connectivity index (χ2v) is 4.31. The summed E-state index contributed by atoms with van der Waals surface area (Å²) >= 11 is 0. The molecule has 2 aromatic carbocycles. The Balaban J connectivity index is 0.000000861. The van der Waals surface area contributed by atoms with Gasteiger partial charge in [0.1, 0.15) is 0 Å². The van der Waals surface area contributed by atoms with E-state index in [1.807, 2.05) is 38.1 Å². The third-order valence-electron chi connectivity index (χ3n) is 2.85. The normalized spacial score (nSPS) is 11.3. The van der Waals surface area contributed by atoms with Gasteiger partial charge in [0.05, 0.1) is 13.2 Å². The lowest BCUT2D eigenvalue weighted by Crippen LogP contribution is -2.04. The summed E-state index contributed by atoms with van der Waals surface area (Å²) in [5.41, 5.74) is 2.56. The van der Waals surface area contributed by atoms with Crippen molar-refractivity contribution in [2.45, 2.75) is 33.3 Å². The highest BCUT2D eigenvalue weighted by atomic mass is 16.5. The van der Waals surface area contributed by atoms with E-state index in [-0.39, 0.29) is 0 Å². The molecule has 0 spiro atoms. The van der Waals surface area contributed by atoms with Gasteiger partial charge < -0.3 is 4.74 Å². The van der Waals surface area contributed by atoms with Crippen molar-refractivity contribution in [1.82, 2.24) is 0 Å². The van der Waals surface area contributed by atoms with Crippen LogP contribution in [0.1, 0.15) is 37.8 Å². The molecule has 0 radical (unpaired) electrons. The number of benzene rings is 2. The SMILES string of the molecule is CC.CC(COCc1ccccc1)c1ccccc1. The number of rotatable bonds is 5. The fraction of sp³-hybridized carbons (Fsp3) is 0.333. The second-order valence-electron chi connectivity index (χ2n) is 4.31. The molecule has 0 fully saturated rings. The lowest BCUT2D eigenvalue weighted by molar-refractivity contribution is 0.110. The van der Waals surface area contributed by atoms with E-state index in [9.17, 15) is 0 Å². The number of hydrogen-bond donors (Lipinski definition) is 0. The fourth-order valence-electron chi connectivity index (χ4n) is 1.81. The Morgan fingerprint density at radius 1 is 0.842 bits per heavy atom. The molecule has 0 aliphatic rings. The van der Waals surface area contributed by atoms with Crippen LogP contribution < -0.4 is 0 Å². The van der Waals surface area contributed by atoms with Crippen LogP contribution in [-0.4, -0.2) is 6.61 Å². The first-order valence-electron chi connectivity index (χ1n) is 7.03. The minimum atomic E-state index is 0.444. The van der Waals surface area contributed by atoms with Gasteiger partial charge in [0.25, 0.3) is 0 Å². The summed E-state index contributed by atoms with van der Waals surface area (Å²) in [4.78, 5) is 0. The molecule has 0 aliphatic heterocycles. The summed E-state index contributed by atoms with van der Waals surface area (Å²) in [5, 5.41) is 0. The van der Waals surface area contributed by atoms with E-state index in [1.165, 1.54) is 11.1 Å². The smallest absolute Gasteiger partial charge is 0.0717 e. The van der Waals surface area contributed by atoms with Crippen molar-refractivity contribution < 1.29 is 4.74 Å². The maximum absolute atomic E-state index is 5.74. The van der Waals surface area contributed by atoms with Gasteiger partial charge in [0.15, 0.2) is 0 Å². The highest BCUT2D eigenvalue weighted by Gasteiger charge is 2.04. The second kappa shape index (κ2) is 9.35. The summed E-state index contributed by atoms with van der Waals surface area (Å²) < 4.78 is 5.74. The third-order valence-corrected chi connectivity index (χ3v) is 2.85. The molecular formula is C18H24O. The third kappa shape index (κ3) is 5.71. The van der Waals surface area contributed by atoms with Crippen molar-refractivity contribution in [3.05, 3.63) is 71.8 Å². The van der Waals surface area contributed by atoms with Crippen molar-refractivity contribution in [1.29, 1.82) is 0 Å². The first kappa shape index (κ1) is 15.5. The minimum Gasteiger partial charge on any atom is -0.376 e. The van der Waals surface area contributed by atoms with Crippen LogP contribution in [0.15, 0.2) is 60.7 Å². The van der Waals surface area contributed by atoms with Crippen LogP contribution in [-0.2, 0) is 11.3 Å². The van der Waals surface area contributed by atoms with Crippen molar-refractivity contribution in [3.63, 3.8) is 0 Å². The molecule has 2 rings (SSSR count). The molecule has 1 heteroatoms. The first-order valence-corrected chi connectivity index (χ1v) is 7.03. The highest BCUT2D eigenvalue weighted by Crippen LogP contribution is 2.15. The lowest BCUT2D eigenvalue weighted by Gasteiger charge is -2.12. The van der Waals surface area contributed by atoms with Gasteiger partial charge in [-0.05, 0) is 11.1 Å². The molecule has 1 atom stereocenters. The molecule has 0 aliphatic carbocycles. The van der Waals surface area contributed by atoms with Gasteiger partial charge in [0.2, 0.25) is 0 Å². The van der Waals surface area contributed by atoms with Gasteiger partial charge >= 0.3 is 0 Å². The van der Waals surface area contributed by atoms with E-state index in [0.29, 0.717) is 12.5 Å². The molecule has 2 aromatic rings. The van der Waals surface area contributed by atoms with E-state index in [1.54, 1.807) is 0 Å². The van der Waals surface area contributed by atoms with Gasteiger partial charge in [0, 0.05) is 5.92 Å². The van der Waals surface area contributed by atoms with Crippen LogP contribution in [0.2, 0.25) is 0 Å². The minimum absolute atomic E-state index is 0.444. The molecule has 1 unspecified atom stereocenters. The number of ether oxygens (including phenoxy) is 1. The van der Waals surface area contributed by atoms with Crippen LogP contribution in [0.4, 0.5) is 0 Å². The fourth-order valence-corrected chi connectivity index (χ4v) is 1.81. The van der Waals surface area contributed by atoms with E-state index in [2.05, 4.69) is 43.3 Å². The Morgan fingerprint density at radius 3 is 1.95 bits per heavy atom. The zero-order valence-corrected chi connectivity index (χ0v) is 12.2. The molecular weight excluding hydrogens is 232 g/mol. The predicted octanol–water partition coefficient (Wildman–Crippen LogP) is 5.03. The average molecular weight is 256 g/mol. The largest absolute Gasteiger partial charge is 0.376 e. The molecule has 0 amide bonds. The molecule has 0 N–H and O–H groups in total. The average Bonchev–Trinajstić information content (AvgIpc) is 2.51. The summed E-state index contributed by atoms with van der Waals surface area (Å²) in [6, 6.07) is 20.8. The molecule has 19 heavy (non-hydrogen) atoms. The van der Waals surface area contributed by atoms with Crippen molar-refractivity contribution in [2.24, 2.45) is 0 Å². The topological polar surface area (TPSA) is 9.23 Å². The van der Waals surface area contributed by atoms with Gasteiger partial charge in [-0.2, -0.15) is 0 Å². The Kier molecular flexibility index (Phi) is 7.60. The Labute approximate surface area is 117 Å². The molecule has 0 heterocycles. The Bertz CT molecular complexity index is 422. The zero-order chi connectivity index (χ0) is 13.9. The molecule has 0 aromatic heterocycles. The zero-order valence-electron chi connectivity index (χ0n) is 12.2. The van der Waals surface area contributed by atoms with Gasteiger partial charge in [-0.15, -0.1) is 0 Å². The van der Waals surface area contributed by atoms with E-state index in [0.717, 1.165) is 6.61 Å². The monoisotopic (exact) mass is 256 g/mol. The molecule has 0 saturated carbocycles. The van der Waals surface area contributed by atoms with E-state index >= 15 is 0 Å². The Morgan fingerprint density at radius 2 is 1.37 bits per heavy atom. The molecule has 102 valence electrons. The van der Waals surface area contributed by atoms with Gasteiger partial charge in [-0.25, -0.2) is 0 Å². The molecule has 1 nitrogen and oxygen atoms in total. The van der Waals surface area contributed by atoms with E-state index in [4.69, 9.17) is 4.74 Å². The van der Waals surface area contributed by atoms with Gasteiger partial charge in [-0.3, -0.25) is 0 Å². The van der Waals surface area contributed by atoms with Crippen molar-refractivity contribution in [2.75, 3.05) is 6.61 Å². The first-order chi connectivity index (χ1) is 9.36. The van der Waals surface area contributed by atoms with E-state index < -0.39 is 0 Å². The summed E-state index contributed by atoms with van der Waals surface area (Å²) in [6.07, 6.45) is 0. The summed E-state index contributed by atoms with van der Waals surface area (Å²) in [6.45, 7) is 7.65. The molecule has 0 bridgehead atoms. The van der Waals surface area contributed by atoms with Crippen LogP contribution >= 0.6 is 0 Å².